The molecule has 6 nitrogen and oxygen atoms in total. The van der Waals surface area contributed by atoms with Crippen LogP contribution in [0.15, 0.2) is 340 Å². The molecule has 0 saturated carbocycles. The minimum atomic E-state index is 0.770. The van der Waals surface area contributed by atoms with Gasteiger partial charge < -0.3 is 28.1 Å². The lowest BCUT2D eigenvalue weighted by atomic mass is 10.0. The van der Waals surface area contributed by atoms with Crippen LogP contribution in [0.2, 0.25) is 0 Å². The Bertz CT molecular complexity index is 5110. The lowest BCUT2D eigenvalue weighted by Crippen LogP contribution is -2.10. The summed E-state index contributed by atoms with van der Waals surface area (Å²) in [6.07, 6.45) is 0.770. The Labute approximate surface area is 526 Å². The second-order valence-electron chi connectivity index (χ2n) is 23.7. The molecule has 0 aliphatic heterocycles. The molecule has 0 aliphatic carbocycles. The Kier molecular flexibility index (Phi) is 12.2. The van der Waals surface area contributed by atoms with Gasteiger partial charge in [0.25, 0.3) is 0 Å². The van der Waals surface area contributed by atoms with Gasteiger partial charge in [-0.2, -0.15) is 0 Å². The van der Waals surface area contributed by atoms with E-state index in [1.165, 1.54) is 98.4 Å². The minimum Gasteiger partial charge on any atom is -0.310 e. The fourth-order valence-corrected chi connectivity index (χ4v) is 14.5. The van der Waals surface area contributed by atoms with Gasteiger partial charge in [-0.25, -0.2) is 0 Å². The highest BCUT2D eigenvalue weighted by atomic mass is 15.2. The van der Waals surface area contributed by atoms with Crippen molar-refractivity contribution < 1.29 is 0 Å². The van der Waals surface area contributed by atoms with Crippen molar-refractivity contribution in [3.05, 3.63) is 351 Å². The Morgan fingerprint density at radius 3 is 0.637 bits per heavy atom. The SMILES string of the molecule is c1ccc(-n2c3ccccc3c3cc(N(c4ccc(Cc5ccc(N(c6ccc7c(c6)c6ccccc6n7-c6ccccc6)c6ccc7c(c6)c6ccccc6n7-c6ccccc6)cc5)cc4)c4ccc5c(c4)c4ccccc4n5-c4ccccc4)ccc32)cc1. The first-order valence-electron chi connectivity index (χ1n) is 31.3. The Morgan fingerprint density at radius 2 is 0.385 bits per heavy atom. The molecule has 0 aliphatic rings. The third-order valence-corrected chi connectivity index (χ3v) is 18.5. The maximum absolute atomic E-state index is 2.43. The molecule has 91 heavy (non-hydrogen) atoms. The fraction of sp³-hybridized carbons (Fsp3) is 0.0118. The maximum Gasteiger partial charge on any atom is 0.0542 e. The average Bonchev–Trinajstić information content (AvgIpc) is 1.69. The first-order valence-corrected chi connectivity index (χ1v) is 31.3. The summed E-state index contributed by atoms with van der Waals surface area (Å²) >= 11 is 0. The highest BCUT2D eigenvalue weighted by molar-refractivity contribution is 6.15. The van der Waals surface area contributed by atoms with Crippen LogP contribution in [0, 0.1) is 0 Å². The number of para-hydroxylation sites is 8. The van der Waals surface area contributed by atoms with Crippen molar-refractivity contribution in [2.24, 2.45) is 0 Å². The molecule has 18 rings (SSSR count). The molecule has 0 N–H and O–H groups in total. The van der Waals surface area contributed by atoms with E-state index in [4.69, 9.17) is 0 Å². The monoisotopic (exact) mass is 1160 g/mol. The zero-order valence-electron chi connectivity index (χ0n) is 49.7. The first-order chi connectivity index (χ1) is 45.1. The second-order valence-corrected chi connectivity index (χ2v) is 23.7. The zero-order valence-corrected chi connectivity index (χ0v) is 49.7. The predicted molar refractivity (Wildman–Crippen MR) is 382 cm³/mol. The van der Waals surface area contributed by atoms with Gasteiger partial charge >= 0.3 is 0 Å². The Morgan fingerprint density at radius 1 is 0.176 bits per heavy atom. The standard InChI is InChI=1S/C85H58N6/c1-5-21-60(22-6-1)88-78-33-17-13-29-70(78)74-54-66(45-49-82(74)88)86(67-46-50-83-75(55-67)71-30-14-18-34-79(71)89(83)61-23-7-2-8-24-61)64-41-37-58(38-42-64)53-59-39-43-65(44-40-59)87(68-47-51-84-76(56-68)72-31-15-19-35-80(72)90(84)62-25-9-3-10-26-62)69-48-52-85-77(57-69)73-32-16-20-36-81(73)91(85)63-27-11-4-12-28-63/h1-52,54-57H,53H2. The van der Waals surface area contributed by atoms with Crippen LogP contribution in [0.25, 0.3) is 110 Å². The summed E-state index contributed by atoms with van der Waals surface area (Å²) in [4.78, 5) is 4.87. The smallest absolute Gasteiger partial charge is 0.0542 e. The largest absolute Gasteiger partial charge is 0.310 e. The molecular weight excluding hydrogens is 1100 g/mol. The number of hydrogen-bond acceptors (Lipinski definition) is 2. The summed E-state index contributed by atoms with van der Waals surface area (Å²) in [5.74, 6) is 0. The van der Waals surface area contributed by atoms with Crippen molar-refractivity contribution in [1.29, 1.82) is 0 Å². The maximum atomic E-state index is 2.43. The van der Waals surface area contributed by atoms with E-state index in [0.29, 0.717) is 0 Å². The predicted octanol–water partition coefficient (Wildman–Crippen LogP) is 22.6. The highest BCUT2D eigenvalue weighted by Gasteiger charge is 2.23. The van der Waals surface area contributed by atoms with E-state index in [1.54, 1.807) is 0 Å². The molecule has 428 valence electrons. The molecule has 0 atom stereocenters. The normalized spacial score (nSPS) is 11.8. The van der Waals surface area contributed by atoms with E-state index in [0.717, 1.165) is 63.3 Å². The molecule has 4 aromatic heterocycles. The van der Waals surface area contributed by atoms with Crippen LogP contribution in [-0.4, -0.2) is 18.3 Å². The van der Waals surface area contributed by atoms with Crippen LogP contribution in [0.3, 0.4) is 0 Å². The van der Waals surface area contributed by atoms with Crippen molar-refractivity contribution >= 4 is 121 Å². The van der Waals surface area contributed by atoms with Gasteiger partial charge in [0, 0.05) is 100.0 Å². The first kappa shape index (κ1) is 52.0. The third-order valence-electron chi connectivity index (χ3n) is 18.5. The van der Waals surface area contributed by atoms with Crippen LogP contribution in [0.5, 0.6) is 0 Å². The summed E-state index contributed by atoms with van der Waals surface area (Å²) in [7, 11) is 0. The zero-order chi connectivity index (χ0) is 59.9. The number of benzene rings is 14. The molecule has 0 radical (unpaired) electrons. The highest BCUT2D eigenvalue weighted by Crippen LogP contribution is 2.45. The second kappa shape index (κ2) is 21.3. The van der Waals surface area contributed by atoms with E-state index >= 15 is 0 Å². The number of aromatic nitrogens is 4. The van der Waals surface area contributed by atoms with E-state index in [-0.39, 0.29) is 0 Å². The van der Waals surface area contributed by atoms with Crippen LogP contribution in [0.1, 0.15) is 11.1 Å². The fourth-order valence-electron chi connectivity index (χ4n) is 14.5. The molecule has 0 saturated heterocycles. The molecule has 0 spiro atoms. The number of nitrogens with zero attached hydrogens (tertiary/aromatic N) is 6. The number of anilines is 6. The number of fused-ring (bicyclic) bond motifs is 12. The minimum absolute atomic E-state index is 0.770. The Hall–Kier alpha value is -12.1. The number of hydrogen-bond donors (Lipinski definition) is 0. The summed E-state index contributed by atoms with van der Waals surface area (Å²) in [5.41, 5.74) is 23.0. The van der Waals surface area contributed by atoms with Gasteiger partial charge in [0.05, 0.1) is 44.1 Å². The summed E-state index contributed by atoms with van der Waals surface area (Å²) in [5, 5.41) is 9.69. The molecular formula is C85H58N6. The molecule has 0 bridgehead atoms. The average molecular weight is 1160 g/mol. The molecule has 0 unspecified atom stereocenters. The van der Waals surface area contributed by atoms with Crippen molar-refractivity contribution in [2.45, 2.75) is 6.42 Å². The van der Waals surface area contributed by atoms with E-state index in [1.807, 2.05) is 0 Å². The summed E-state index contributed by atoms with van der Waals surface area (Å²) in [6.45, 7) is 0. The van der Waals surface area contributed by atoms with Crippen LogP contribution in [0.4, 0.5) is 34.1 Å². The summed E-state index contributed by atoms with van der Waals surface area (Å²) < 4.78 is 9.55. The quantitative estimate of drug-likeness (QED) is 0.122. The van der Waals surface area contributed by atoms with Gasteiger partial charge in [-0.05, 0) is 187 Å². The molecule has 18 aromatic rings. The van der Waals surface area contributed by atoms with E-state index in [2.05, 4.69) is 368 Å². The van der Waals surface area contributed by atoms with Gasteiger partial charge in [-0.15, -0.1) is 0 Å². The summed E-state index contributed by atoms with van der Waals surface area (Å²) in [6, 6.07) is 124. The lowest BCUT2D eigenvalue weighted by Gasteiger charge is -2.26. The van der Waals surface area contributed by atoms with Gasteiger partial charge in [0.15, 0.2) is 0 Å². The topological polar surface area (TPSA) is 26.2 Å². The lowest BCUT2D eigenvalue weighted by molar-refractivity contribution is 1.17. The van der Waals surface area contributed by atoms with E-state index < -0.39 is 0 Å². The molecule has 0 amide bonds. The van der Waals surface area contributed by atoms with Crippen LogP contribution in [-0.2, 0) is 6.42 Å². The van der Waals surface area contributed by atoms with Crippen LogP contribution >= 0.6 is 0 Å². The number of rotatable bonds is 12. The van der Waals surface area contributed by atoms with Gasteiger partial charge in [-0.3, -0.25) is 0 Å². The van der Waals surface area contributed by atoms with Crippen LogP contribution < -0.4 is 9.80 Å². The van der Waals surface area contributed by atoms with Gasteiger partial charge in [0.1, 0.15) is 0 Å². The van der Waals surface area contributed by atoms with Crippen molar-refractivity contribution in [3.8, 4) is 22.7 Å². The Balaban J connectivity index is 0.737. The van der Waals surface area contributed by atoms with E-state index in [9.17, 15) is 0 Å². The van der Waals surface area contributed by atoms with Gasteiger partial charge in [-0.1, -0.05) is 170 Å². The van der Waals surface area contributed by atoms with Gasteiger partial charge in [0.2, 0.25) is 0 Å². The van der Waals surface area contributed by atoms with Crippen molar-refractivity contribution in [3.63, 3.8) is 0 Å². The third kappa shape index (κ3) is 8.64. The molecule has 0 fully saturated rings. The molecule has 6 heteroatoms. The molecule has 14 aromatic carbocycles. The molecule has 4 heterocycles. The van der Waals surface area contributed by atoms with Crippen molar-refractivity contribution in [1.82, 2.24) is 18.3 Å². The van der Waals surface area contributed by atoms with Crippen molar-refractivity contribution in [2.75, 3.05) is 9.80 Å².